The van der Waals surface area contributed by atoms with Crippen molar-refractivity contribution < 1.29 is 4.42 Å². The van der Waals surface area contributed by atoms with E-state index in [1.807, 2.05) is 55.4 Å². The maximum atomic E-state index is 5.99. The van der Waals surface area contributed by atoms with Gasteiger partial charge >= 0.3 is 0 Å². The van der Waals surface area contributed by atoms with Gasteiger partial charge in [-0.1, -0.05) is 30.3 Å². The van der Waals surface area contributed by atoms with Gasteiger partial charge in [0, 0.05) is 19.7 Å². The molecule has 4 N–H and O–H groups in total. The summed E-state index contributed by atoms with van der Waals surface area (Å²) in [6, 6.07) is 11.7. The number of hydrogen-bond acceptors (Lipinski definition) is 5. The lowest BCUT2D eigenvalue weighted by Crippen LogP contribution is -2.10. The number of nitrogens with two attached hydrogens (primary N) is 2. The van der Waals surface area contributed by atoms with Gasteiger partial charge in [-0.2, -0.15) is 0 Å². The summed E-state index contributed by atoms with van der Waals surface area (Å²) in [4.78, 5) is 6.57. The molecule has 2 aromatic heterocycles. The van der Waals surface area contributed by atoms with Crippen molar-refractivity contribution in [3.63, 3.8) is 0 Å². The lowest BCUT2D eigenvalue weighted by Gasteiger charge is -2.13. The molecule has 0 saturated heterocycles. The fraction of sp³-hybridized carbons (Fsp3) is 0.133. The second-order valence-electron chi connectivity index (χ2n) is 4.85. The smallest absolute Gasteiger partial charge is 0.214 e. The van der Waals surface area contributed by atoms with Gasteiger partial charge in [-0.3, -0.25) is 0 Å². The second-order valence-corrected chi connectivity index (χ2v) is 4.85. The van der Waals surface area contributed by atoms with Gasteiger partial charge in [-0.25, -0.2) is 4.98 Å². The highest BCUT2D eigenvalue weighted by Crippen LogP contribution is 2.37. The van der Waals surface area contributed by atoms with Crippen molar-refractivity contribution in [3.8, 4) is 11.3 Å². The topological polar surface area (TPSA) is 81.3 Å². The largest absolute Gasteiger partial charge is 0.436 e. The highest BCUT2D eigenvalue weighted by atomic mass is 16.3. The molecule has 0 amide bonds. The Morgan fingerprint density at radius 1 is 1.10 bits per heavy atom. The standard InChI is InChI=1S/C15H16N4O/c1-19(2)11-8-10-12(16)15(17)20-14(10)13(18-11)9-6-4-3-5-7-9/h3-8H,16-17H2,1-2H3. The van der Waals surface area contributed by atoms with Crippen molar-refractivity contribution in [1.29, 1.82) is 0 Å². The first-order valence-corrected chi connectivity index (χ1v) is 6.29. The third-order valence-corrected chi connectivity index (χ3v) is 3.23. The molecule has 0 saturated carbocycles. The molecule has 0 aliphatic heterocycles. The van der Waals surface area contributed by atoms with Gasteiger partial charge in [0.1, 0.15) is 17.2 Å². The highest BCUT2D eigenvalue weighted by molar-refractivity contribution is 6.02. The number of rotatable bonds is 2. The summed E-state index contributed by atoms with van der Waals surface area (Å²) >= 11 is 0. The molecule has 5 nitrogen and oxygen atoms in total. The molecule has 0 unspecified atom stereocenters. The molecule has 102 valence electrons. The Morgan fingerprint density at radius 3 is 2.45 bits per heavy atom. The van der Waals surface area contributed by atoms with E-state index >= 15 is 0 Å². The summed E-state index contributed by atoms with van der Waals surface area (Å²) in [5.41, 5.74) is 14.6. The van der Waals surface area contributed by atoms with Crippen LogP contribution in [-0.2, 0) is 0 Å². The van der Waals surface area contributed by atoms with Crippen LogP contribution in [0.15, 0.2) is 40.8 Å². The van der Waals surface area contributed by atoms with E-state index in [0.29, 0.717) is 11.3 Å². The third-order valence-electron chi connectivity index (χ3n) is 3.23. The van der Waals surface area contributed by atoms with Crippen molar-refractivity contribution in [2.45, 2.75) is 0 Å². The molecule has 20 heavy (non-hydrogen) atoms. The number of anilines is 3. The van der Waals surface area contributed by atoms with E-state index in [0.717, 1.165) is 22.5 Å². The summed E-state index contributed by atoms with van der Waals surface area (Å²) in [5.74, 6) is 1.04. The van der Waals surface area contributed by atoms with Crippen LogP contribution in [0.2, 0.25) is 0 Å². The normalized spacial score (nSPS) is 10.9. The molecule has 0 atom stereocenters. The monoisotopic (exact) mass is 268 g/mol. The van der Waals surface area contributed by atoms with E-state index in [-0.39, 0.29) is 5.88 Å². The van der Waals surface area contributed by atoms with Crippen LogP contribution in [0.1, 0.15) is 0 Å². The van der Waals surface area contributed by atoms with Gasteiger partial charge in [0.2, 0.25) is 5.88 Å². The number of hydrogen-bond donors (Lipinski definition) is 2. The number of furan rings is 1. The molecule has 0 bridgehead atoms. The first-order chi connectivity index (χ1) is 9.58. The number of aromatic nitrogens is 1. The van der Waals surface area contributed by atoms with Crippen LogP contribution < -0.4 is 16.4 Å². The van der Waals surface area contributed by atoms with Gasteiger partial charge in [0.25, 0.3) is 0 Å². The Morgan fingerprint density at radius 2 is 1.80 bits per heavy atom. The zero-order valence-corrected chi connectivity index (χ0v) is 11.4. The fourth-order valence-corrected chi connectivity index (χ4v) is 2.14. The number of nitrogen functional groups attached to an aromatic ring is 2. The van der Waals surface area contributed by atoms with Crippen molar-refractivity contribution in [2.75, 3.05) is 30.5 Å². The molecule has 0 aliphatic rings. The molecule has 0 fully saturated rings. The molecule has 3 aromatic rings. The summed E-state index contributed by atoms with van der Waals surface area (Å²) in [6.45, 7) is 0. The summed E-state index contributed by atoms with van der Waals surface area (Å²) < 4.78 is 5.59. The molecule has 3 rings (SSSR count). The lowest BCUT2D eigenvalue weighted by atomic mass is 10.1. The average Bonchev–Trinajstić information content (AvgIpc) is 2.74. The SMILES string of the molecule is CN(C)c1cc2c(N)c(N)oc2c(-c2ccccc2)n1. The Bertz CT molecular complexity index is 762. The van der Waals surface area contributed by atoms with Crippen LogP contribution in [0.25, 0.3) is 22.2 Å². The Hall–Kier alpha value is -2.69. The number of fused-ring (bicyclic) bond motifs is 1. The van der Waals surface area contributed by atoms with Crippen LogP contribution in [0.4, 0.5) is 17.4 Å². The molecule has 0 spiro atoms. The van der Waals surface area contributed by atoms with Crippen LogP contribution in [0.5, 0.6) is 0 Å². The molecule has 0 radical (unpaired) electrons. The minimum atomic E-state index is 0.231. The first-order valence-electron chi connectivity index (χ1n) is 6.29. The predicted molar refractivity (Wildman–Crippen MR) is 82.6 cm³/mol. The minimum Gasteiger partial charge on any atom is -0.436 e. The van der Waals surface area contributed by atoms with E-state index in [1.54, 1.807) is 0 Å². The van der Waals surface area contributed by atoms with Crippen molar-refractivity contribution in [1.82, 2.24) is 4.98 Å². The maximum absolute atomic E-state index is 5.99. The first kappa shape index (κ1) is 12.3. The van der Waals surface area contributed by atoms with Gasteiger partial charge < -0.3 is 20.8 Å². The third kappa shape index (κ3) is 1.84. The predicted octanol–water partition coefficient (Wildman–Crippen LogP) is 2.73. The van der Waals surface area contributed by atoms with Crippen molar-refractivity contribution in [2.24, 2.45) is 0 Å². The quantitative estimate of drug-likeness (QED) is 0.746. The summed E-state index contributed by atoms with van der Waals surface area (Å²) in [6.07, 6.45) is 0. The summed E-state index contributed by atoms with van der Waals surface area (Å²) in [5, 5.41) is 0.792. The van der Waals surface area contributed by atoms with E-state index in [2.05, 4.69) is 4.98 Å². The number of nitrogens with zero attached hydrogens (tertiary/aromatic N) is 2. The second kappa shape index (κ2) is 4.45. The van der Waals surface area contributed by atoms with Gasteiger partial charge in [0.15, 0.2) is 5.58 Å². The molecule has 0 aliphatic carbocycles. The lowest BCUT2D eigenvalue weighted by molar-refractivity contribution is 0.638. The van der Waals surface area contributed by atoms with Crippen molar-refractivity contribution in [3.05, 3.63) is 36.4 Å². The Kier molecular flexibility index (Phi) is 2.75. The zero-order valence-electron chi connectivity index (χ0n) is 11.4. The van der Waals surface area contributed by atoms with Gasteiger partial charge in [0.05, 0.1) is 5.39 Å². The van der Waals surface area contributed by atoms with Crippen LogP contribution in [0.3, 0.4) is 0 Å². The number of benzene rings is 1. The summed E-state index contributed by atoms with van der Waals surface area (Å²) in [7, 11) is 3.87. The van der Waals surface area contributed by atoms with Gasteiger partial charge in [-0.15, -0.1) is 0 Å². The van der Waals surface area contributed by atoms with Crippen LogP contribution in [-0.4, -0.2) is 19.1 Å². The molecular formula is C15H16N4O. The maximum Gasteiger partial charge on any atom is 0.214 e. The highest BCUT2D eigenvalue weighted by Gasteiger charge is 2.17. The van der Waals surface area contributed by atoms with Crippen LogP contribution >= 0.6 is 0 Å². The van der Waals surface area contributed by atoms with Gasteiger partial charge in [-0.05, 0) is 6.07 Å². The minimum absolute atomic E-state index is 0.231. The van der Waals surface area contributed by atoms with E-state index in [4.69, 9.17) is 15.9 Å². The average molecular weight is 268 g/mol. The zero-order chi connectivity index (χ0) is 14.3. The molecular weight excluding hydrogens is 252 g/mol. The fourth-order valence-electron chi connectivity index (χ4n) is 2.14. The van der Waals surface area contributed by atoms with E-state index < -0.39 is 0 Å². The number of pyridine rings is 1. The van der Waals surface area contributed by atoms with E-state index in [9.17, 15) is 0 Å². The Balaban J connectivity index is 2.37. The molecule has 1 aromatic carbocycles. The van der Waals surface area contributed by atoms with Crippen molar-refractivity contribution >= 4 is 28.4 Å². The van der Waals surface area contributed by atoms with E-state index in [1.165, 1.54) is 0 Å². The van der Waals surface area contributed by atoms with Crippen LogP contribution in [0, 0.1) is 0 Å². The Labute approximate surface area is 116 Å². The molecule has 5 heteroatoms. The molecule has 2 heterocycles.